The van der Waals surface area contributed by atoms with Crippen LogP contribution in [0.3, 0.4) is 0 Å². The number of carbonyl (C=O) groups excluding carboxylic acids is 1. The molecule has 1 heterocycles. The van der Waals surface area contributed by atoms with Crippen LogP contribution in [0.25, 0.3) is 0 Å². The average Bonchev–Trinajstić information content (AvgIpc) is 3.16. The molecular formula is C17H24N2O2. The quantitative estimate of drug-likeness (QED) is 0.926. The smallest absolute Gasteiger partial charge is 0.238 e. The first-order valence-corrected chi connectivity index (χ1v) is 7.90. The molecule has 0 bridgehead atoms. The van der Waals surface area contributed by atoms with E-state index in [1.54, 1.807) is 7.11 Å². The first kappa shape index (κ1) is 14.4. The number of hydrogen-bond acceptors (Lipinski definition) is 3. The number of nitrogens with zero attached hydrogens (tertiary/aromatic N) is 1. The summed E-state index contributed by atoms with van der Waals surface area (Å²) in [6, 6.07) is 8.25. The van der Waals surface area contributed by atoms with E-state index in [0.717, 1.165) is 11.3 Å². The molecule has 1 aliphatic heterocycles. The largest absolute Gasteiger partial charge is 0.496 e. The standard InChI is InChI=1S/C17H24N2O2/c1-12(13-7-3-4-8-13)19-16(20)11-18-17(19)14-9-5-6-10-15(14)21-2/h5-6,9-10,12-13,17-18H,3-4,7-8,11H2,1-2H3. The van der Waals surface area contributed by atoms with Crippen LogP contribution in [-0.4, -0.2) is 30.5 Å². The molecule has 1 amide bonds. The van der Waals surface area contributed by atoms with Gasteiger partial charge in [-0.15, -0.1) is 0 Å². The van der Waals surface area contributed by atoms with E-state index in [9.17, 15) is 4.79 Å². The van der Waals surface area contributed by atoms with E-state index in [4.69, 9.17) is 4.74 Å². The van der Waals surface area contributed by atoms with Crippen molar-refractivity contribution in [1.82, 2.24) is 10.2 Å². The molecule has 1 aromatic rings. The Morgan fingerprint density at radius 2 is 2.00 bits per heavy atom. The van der Waals surface area contributed by atoms with E-state index >= 15 is 0 Å². The third kappa shape index (κ3) is 2.64. The number of hydrogen-bond donors (Lipinski definition) is 1. The molecule has 21 heavy (non-hydrogen) atoms. The number of rotatable bonds is 4. The Labute approximate surface area is 126 Å². The van der Waals surface area contributed by atoms with E-state index in [0.29, 0.717) is 12.5 Å². The zero-order valence-corrected chi connectivity index (χ0v) is 12.8. The van der Waals surface area contributed by atoms with Gasteiger partial charge in [-0.05, 0) is 31.7 Å². The average molecular weight is 288 g/mol. The van der Waals surface area contributed by atoms with Crippen LogP contribution in [0.1, 0.15) is 44.3 Å². The lowest BCUT2D eigenvalue weighted by atomic mass is 9.97. The Hall–Kier alpha value is -1.55. The van der Waals surface area contributed by atoms with Gasteiger partial charge in [-0.2, -0.15) is 0 Å². The zero-order valence-electron chi connectivity index (χ0n) is 12.8. The molecule has 4 heteroatoms. The first-order valence-electron chi connectivity index (χ1n) is 7.90. The van der Waals surface area contributed by atoms with Crippen LogP contribution >= 0.6 is 0 Å². The Bertz CT molecular complexity index is 511. The maximum atomic E-state index is 12.4. The number of amides is 1. The second-order valence-electron chi connectivity index (χ2n) is 6.11. The molecule has 1 saturated carbocycles. The maximum Gasteiger partial charge on any atom is 0.238 e. The highest BCUT2D eigenvalue weighted by molar-refractivity contribution is 5.81. The summed E-state index contributed by atoms with van der Waals surface area (Å²) in [5.41, 5.74) is 1.05. The lowest BCUT2D eigenvalue weighted by Gasteiger charge is -2.34. The lowest BCUT2D eigenvalue weighted by molar-refractivity contribution is -0.131. The Morgan fingerprint density at radius 1 is 1.29 bits per heavy atom. The van der Waals surface area contributed by atoms with Gasteiger partial charge in [0.2, 0.25) is 5.91 Å². The highest BCUT2D eigenvalue weighted by Gasteiger charge is 2.39. The van der Waals surface area contributed by atoms with Gasteiger partial charge in [0, 0.05) is 11.6 Å². The SMILES string of the molecule is COc1ccccc1C1NCC(=O)N1C(C)C1CCCC1. The van der Waals surface area contributed by atoms with Gasteiger partial charge in [-0.25, -0.2) is 0 Å². The van der Waals surface area contributed by atoms with Gasteiger partial charge in [0.25, 0.3) is 0 Å². The molecule has 1 N–H and O–H groups in total. The van der Waals surface area contributed by atoms with Crippen molar-refractivity contribution in [3.05, 3.63) is 29.8 Å². The molecule has 3 rings (SSSR count). The highest BCUT2D eigenvalue weighted by Crippen LogP contribution is 2.37. The molecule has 1 aliphatic carbocycles. The Morgan fingerprint density at radius 3 is 2.71 bits per heavy atom. The number of methoxy groups -OCH3 is 1. The van der Waals surface area contributed by atoms with Gasteiger partial charge in [-0.1, -0.05) is 31.0 Å². The predicted molar refractivity (Wildman–Crippen MR) is 82.0 cm³/mol. The van der Waals surface area contributed by atoms with Gasteiger partial charge in [0.1, 0.15) is 11.9 Å². The molecule has 0 aromatic heterocycles. The molecule has 4 nitrogen and oxygen atoms in total. The van der Waals surface area contributed by atoms with Crippen molar-refractivity contribution in [3.63, 3.8) is 0 Å². The number of benzene rings is 1. The van der Waals surface area contributed by atoms with Crippen molar-refractivity contribution in [3.8, 4) is 5.75 Å². The number of para-hydroxylation sites is 1. The second kappa shape index (κ2) is 6.06. The molecule has 2 unspecified atom stereocenters. The summed E-state index contributed by atoms with van der Waals surface area (Å²) in [6.45, 7) is 2.61. The van der Waals surface area contributed by atoms with Crippen molar-refractivity contribution in [1.29, 1.82) is 0 Å². The summed E-state index contributed by atoms with van der Waals surface area (Å²) in [4.78, 5) is 14.4. The van der Waals surface area contributed by atoms with Crippen molar-refractivity contribution >= 4 is 5.91 Å². The zero-order chi connectivity index (χ0) is 14.8. The third-order valence-corrected chi connectivity index (χ3v) is 4.97. The second-order valence-corrected chi connectivity index (χ2v) is 6.11. The van der Waals surface area contributed by atoms with Crippen LogP contribution in [0.15, 0.2) is 24.3 Å². The van der Waals surface area contributed by atoms with Gasteiger partial charge in [-0.3, -0.25) is 10.1 Å². The van der Waals surface area contributed by atoms with E-state index in [2.05, 4.69) is 12.2 Å². The number of ether oxygens (including phenoxy) is 1. The minimum Gasteiger partial charge on any atom is -0.496 e. The summed E-state index contributed by atoms with van der Waals surface area (Å²) in [7, 11) is 1.68. The topological polar surface area (TPSA) is 41.6 Å². The van der Waals surface area contributed by atoms with Crippen molar-refractivity contribution in [2.24, 2.45) is 5.92 Å². The van der Waals surface area contributed by atoms with E-state index in [1.807, 2.05) is 29.2 Å². The molecular weight excluding hydrogens is 264 g/mol. The van der Waals surface area contributed by atoms with Crippen LogP contribution in [0.2, 0.25) is 0 Å². The summed E-state index contributed by atoms with van der Waals surface area (Å²) < 4.78 is 5.47. The molecule has 2 aliphatic rings. The normalized spacial score (nSPS) is 24.6. The predicted octanol–water partition coefficient (Wildman–Crippen LogP) is 2.70. The molecule has 0 radical (unpaired) electrons. The summed E-state index contributed by atoms with van der Waals surface area (Å²) in [6.07, 6.45) is 5.00. The van der Waals surface area contributed by atoms with E-state index in [-0.39, 0.29) is 18.1 Å². The monoisotopic (exact) mass is 288 g/mol. The summed E-state index contributed by atoms with van der Waals surface area (Å²) in [5, 5.41) is 3.35. The Kier molecular flexibility index (Phi) is 4.15. The van der Waals surface area contributed by atoms with Crippen LogP contribution in [0.5, 0.6) is 5.75 Å². The first-order chi connectivity index (χ1) is 10.2. The van der Waals surface area contributed by atoms with Crippen molar-refractivity contribution < 1.29 is 9.53 Å². The Balaban J connectivity index is 1.88. The maximum absolute atomic E-state index is 12.4. The third-order valence-electron chi connectivity index (χ3n) is 4.97. The molecule has 0 spiro atoms. The van der Waals surface area contributed by atoms with Crippen LogP contribution in [0.4, 0.5) is 0 Å². The molecule has 114 valence electrons. The lowest BCUT2D eigenvalue weighted by Crippen LogP contribution is -2.41. The van der Waals surface area contributed by atoms with E-state index < -0.39 is 0 Å². The number of carbonyl (C=O) groups is 1. The molecule has 2 atom stereocenters. The van der Waals surface area contributed by atoms with Crippen LogP contribution in [-0.2, 0) is 4.79 Å². The van der Waals surface area contributed by atoms with Crippen molar-refractivity contribution in [2.75, 3.05) is 13.7 Å². The highest BCUT2D eigenvalue weighted by atomic mass is 16.5. The number of nitrogens with one attached hydrogen (secondary N) is 1. The van der Waals surface area contributed by atoms with Crippen molar-refractivity contribution in [2.45, 2.75) is 44.8 Å². The minimum atomic E-state index is -0.0655. The summed E-state index contributed by atoms with van der Waals surface area (Å²) in [5.74, 6) is 1.67. The van der Waals surface area contributed by atoms with Gasteiger partial charge in [0.15, 0.2) is 0 Å². The minimum absolute atomic E-state index is 0.0655. The molecule has 1 aromatic carbocycles. The van der Waals surface area contributed by atoms with Crippen LogP contribution in [0, 0.1) is 5.92 Å². The van der Waals surface area contributed by atoms with Crippen LogP contribution < -0.4 is 10.1 Å². The van der Waals surface area contributed by atoms with E-state index in [1.165, 1.54) is 25.7 Å². The van der Waals surface area contributed by atoms with Gasteiger partial charge < -0.3 is 9.64 Å². The molecule has 2 fully saturated rings. The fourth-order valence-corrected chi connectivity index (χ4v) is 3.80. The fraction of sp³-hybridized carbons (Fsp3) is 0.588. The molecule has 1 saturated heterocycles. The summed E-state index contributed by atoms with van der Waals surface area (Å²) >= 11 is 0. The fourth-order valence-electron chi connectivity index (χ4n) is 3.80. The van der Waals surface area contributed by atoms with Gasteiger partial charge in [0.05, 0.1) is 13.7 Å². The van der Waals surface area contributed by atoms with Gasteiger partial charge >= 0.3 is 0 Å².